The molecule has 7 nitrogen and oxygen atoms in total. The van der Waals surface area contributed by atoms with Crippen LogP contribution < -0.4 is 21.6 Å². The van der Waals surface area contributed by atoms with E-state index in [1.165, 1.54) is 0 Å². The van der Waals surface area contributed by atoms with E-state index in [2.05, 4.69) is 26.7 Å². The van der Waals surface area contributed by atoms with E-state index >= 15 is 0 Å². The van der Waals surface area contributed by atoms with Crippen LogP contribution in [0.15, 0.2) is 29.4 Å². The summed E-state index contributed by atoms with van der Waals surface area (Å²) in [6.07, 6.45) is 1.33. The Morgan fingerprint density at radius 2 is 2.11 bits per heavy atom. The standard InChI is InChI=1S/C11H15N5O2/c1-7-10(13-11(18)16-14-7)15-12-6-8-2-4-9(17)5-3-8/h2-7,10,14-15,17H,1H3,(H2,13,16,18)/b12-6+. The molecule has 1 aliphatic rings. The summed E-state index contributed by atoms with van der Waals surface area (Å²) >= 11 is 0. The molecule has 96 valence electrons. The van der Waals surface area contributed by atoms with Crippen molar-refractivity contribution in [1.29, 1.82) is 0 Å². The lowest BCUT2D eigenvalue weighted by atomic mass is 10.2. The fourth-order valence-corrected chi connectivity index (χ4v) is 1.46. The van der Waals surface area contributed by atoms with E-state index in [-0.39, 0.29) is 24.0 Å². The Balaban J connectivity index is 1.90. The molecule has 1 fully saturated rings. The van der Waals surface area contributed by atoms with Gasteiger partial charge in [0.1, 0.15) is 11.9 Å². The van der Waals surface area contributed by atoms with Crippen molar-refractivity contribution in [2.75, 3.05) is 0 Å². The fourth-order valence-electron chi connectivity index (χ4n) is 1.46. The molecular weight excluding hydrogens is 234 g/mol. The number of carbonyl (C=O) groups is 1. The van der Waals surface area contributed by atoms with Crippen LogP contribution in [0.5, 0.6) is 5.75 Å². The molecule has 0 aliphatic carbocycles. The van der Waals surface area contributed by atoms with Gasteiger partial charge in [0.25, 0.3) is 0 Å². The van der Waals surface area contributed by atoms with Crippen LogP contribution in [-0.2, 0) is 0 Å². The van der Waals surface area contributed by atoms with Crippen LogP contribution in [0.25, 0.3) is 0 Å². The Morgan fingerprint density at radius 3 is 2.83 bits per heavy atom. The van der Waals surface area contributed by atoms with E-state index in [4.69, 9.17) is 5.11 Å². The smallest absolute Gasteiger partial charge is 0.330 e. The highest BCUT2D eigenvalue weighted by Gasteiger charge is 2.23. The number of nitrogens with zero attached hydrogens (tertiary/aromatic N) is 1. The molecule has 0 spiro atoms. The Hall–Kier alpha value is -2.28. The topological polar surface area (TPSA) is 97.8 Å². The molecule has 5 N–H and O–H groups in total. The second kappa shape index (κ2) is 5.37. The average molecular weight is 249 g/mol. The van der Waals surface area contributed by atoms with E-state index in [1.54, 1.807) is 30.5 Å². The van der Waals surface area contributed by atoms with Crippen molar-refractivity contribution in [1.82, 2.24) is 21.6 Å². The van der Waals surface area contributed by atoms with Gasteiger partial charge >= 0.3 is 6.03 Å². The molecule has 0 aromatic heterocycles. The summed E-state index contributed by atoms with van der Waals surface area (Å²) in [5.41, 5.74) is 8.95. The third-order valence-electron chi connectivity index (χ3n) is 2.52. The lowest BCUT2D eigenvalue weighted by Crippen LogP contribution is -2.67. The Labute approximate surface area is 104 Å². The first-order valence-electron chi connectivity index (χ1n) is 5.55. The van der Waals surface area contributed by atoms with Gasteiger partial charge in [-0.1, -0.05) is 0 Å². The molecule has 1 aliphatic heterocycles. The monoisotopic (exact) mass is 249 g/mol. The maximum absolute atomic E-state index is 11.1. The number of hydrazone groups is 1. The van der Waals surface area contributed by atoms with Crippen molar-refractivity contribution in [3.63, 3.8) is 0 Å². The van der Waals surface area contributed by atoms with E-state index in [1.807, 2.05) is 6.92 Å². The van der Waals surface area contributed by atoms with E-state index < -0.39 is 0 Å². The van der Waals surface area contributed by atoms with E-state index in [9.17, 15) is 4.79 Å². The van der Waals surface area contributed by atoms with Crippen molar-refractivity contribution in [2.45, 2.75) is 19.1 Å². The second-order valence-corrected chi connectivity index (χ2v) is 3.99. The number of amides is 2. The highest BCUT2D eigenvalue weighted by Crippen LogP contribution is 2.07. The second-order valence-electron chi connectivity index (χ2n) is 3.99. The number of phenolic OH excluding ortho intramolecular Hbond substituents is 1. The SMILES string of the molecule is CC1NNC(=O)NC1N/N=C/c1ccc(O)cc1. The van der Waals surface area contributed by atoms with Gasteiger partial charge in [-0.3, -0.25) is 10.9 Å². The fraction of sp³-hybridized carbons (Fsp3) is 0.273. The number of benzene rings is 1. The number of urea groups is 1. The quantitative estimate of drug-likeness (QED) is 0.380. The third-order valence-corrected chi connectivity index (χ3v) is 2.52. The van der Waals surface area contributed by atoms with Gasteiger partial charge in [0.05, 0.1) is 12.3 Å². The molecule has 0 bridgehead atoms. The van der Waals surface area contributed by atoms with E-state index in [0.717, 1.165) is 5.56 Å². The normalized spacial score (nSPS) is 23.5. The zero-order valence-electron chi connectivity index (χ0n) is 9.84. The van der Waals surface area contributed by atoms with Crippen molar-refractivity contribution in [3.8, 4) is 5.75 Å². The number of hydrogen-bond donors (Lipinski definition) is 5. The zero-order valence-corrected chi connectivity index (χ0v) is 9.84. The number of phenols is 1. The molecule has 1 aromatic rings. The van der Waals surface area contributed by atoms with Gasteiger partial charge in [-0.05, 0) is 36.8 Å². The Kier molecular flexibility index (Phi) is 3.63. The molecular formula is C11H15N5O2. The van der Waals surface area contributed by atoms with Gasteiger partial charge in [-0.2, -0.15) is 5.10 Å². The largest absolute Gasteiger partial charge is 0.508 e. The number of aromatic hydroxyl groups is 1. The lowest BCUT2D eigenvalue weighted by Gasteiger charge is -2.30. The van der Waals surface area contributed by atoms with Crippen LogP contribution in [-0.4, -0.2) is 29.6 Å². The summed E-state index contributed by atoms with van der Waals surface area (Å²) in [6, 6.07) is 6.34. The molecule has 0 saturated carbocycles. The number of hydrogen-bond acceptors (Lipinski definition) is 5. The summed E-state index contributed by atoms with van der Waals surface area (Å²) in [7, 11) is 0. The Bertz CT molecular complexity index is 445. The van der Waals surface area contributed by atoms with Gasteiger partial charge in [0.15, 0.2) is 0 Å². The third kappa shape index (κ3) is 3.11. The minimum absolute atomic E-state index is 0.000308. The molecule has 7 heteroatoms. The number of hydrazine groups is 1. The van der Waals surface area contributed by atoms with Gasteiger partial charge in [-0.15, -0.1) is 0 Å². The predicted octanol–water partition coefficient (Wildman–Crippen LogP) is -0.152. The number of nitrogens with one attached hydrogen (secondary N) is 4. The molecule has 1 aromatic carbocycles. The molecule has 2 amide bonds. The van der Waals surface area contributed by atoms with Crippen molar-refractivity contribution < 1.29 is 9.90 Å². The number of rotatable bonds is 3. The van der Waals surface area contributed by atoms with Crippen LogP contribution >= 0.6 is 0 Å². The first kappa shape index (κ1) is 12.2. The highest BCUT2D eigenvalue weighted by molar-refractivity contribution is 5.79. The van der Waals surface area contributed by atoms with Crippen LogP contribution in [0.4, 0.5) is 4.79 Å². The first-order chi connectivity index (χ1) is 8.65. The minimum Gasteiger partial charge on any atom is -0.508 e. The summed E-state index contributed by atoms with van der Waals surface area (Å²) < 4.78 is 0. The summed E-state index contributed by atoms with van der Waals surface area (Å²) in [5.74, 6) is 0.212. The van der Waals surface area contributed by atoms with Crippen LogP contribution in [0.3, 0.4) is 0 Å². The van der Waals surface area contributed by atoms with Crippen molar-refractivity contribution in [2.24, 2.45) is 5.10 Å². The van der Waals surface area contributed by atoms with Gasteiger partial charge in [0.2, 0.25) is 0 Å². The van der Waals surface area contributed by atoms with Crippen molar-refractivity contribution >= 4 is 12.2 Å². The minimum atomic E-state index is -0.301. The van der Waals surface area contributed by atoms with Gasteiger partial charge < -0.3 is 10.4 Å². The molecule has 2 atom stereocenters. The summed E-state index contributed by atoms with van der Waals surface area (Å²) in [4.78, 5) is 11.1. The molecule has 2 rings (SSSR count). The van der Waals surface area contributed by atoms with Crippen LogP contribution in [0.1, 0.15) is 12.5 Å². The highest BCUT2D eigenvalue weighted by atomic mass is 16.3. The molecule has 18 heavy (non-hydrogen) atoms. The lowest BCUT2D eigenvalue weighted by molar-refractivity contribution is 0.202. The first-order valence-corrected chi connectivity index (χ1v) is 5.55. The van der Waals surface area contributed by atoms with Gasteiger partial charge in [-0.25, -0.2) is 10.2 Å². The summed E-state index contributed by atoms with van der Waals surface area (Å²) in [6.45, 7) is 1.90. The molecule has 2 unspecified atom stereocenters. The molecule has 0 radical (unpaired) electrons. The van der Waals surface area contributed by atoms with Crippen LogP contribution in [0, 0.1) is 0 Å². The summed E-state index contributed by atoms with van der Waals surface area (Å²) in [5, 5.41) is 15.9. The van der Waals surface area contributed by atoms with Crippen LogP contribution in [0.2, 0.25) is 0 Å². The van der Waals surface area contributed by atoms with E-state index in [0.29, 0.717) is 0 Å². The maximum atomic E-state index is 11.1. The Morgan fingerprint density at radius 1 is 1.39 bits per heavy atom. The van der Waals surface area contributed by atoms with Gasteiger partial charge in [0, 0.05) is 0 Å². The van der Waals surface area contributed by atoms with Crippen molar-refractivity contribution in [3.05, 3.63) is 29.8 Å². The molecule has 1 saturated heterocycles. The maximum Gasteiger partial charge on any atom is 0.330 e. The average Bonchev–Trinajstić information content (AvgIpc) is 2.36. The number of carbonyl (C=O) groups excluding carboxylic acids is 1. The zero-order chi connectivity index (χ0) is 13.0. The predicted molar refractivity (Wildman–Crippen MR) is 66.9 cm³/mol. The molecule has 1 heterocycles.